The molecule has 0 aliphatic rings. The molecule has 19 heavy (non-hydrogen) atoms. The number of rotatable bonds is 6. The average Bonchev–Trinajstić information content (AvgIpc) is 2.33. The van der Waals surface area contributed by atoms with Gasteiger partial charge in [-0.05, 0) is 46.2 Å². The van der Waals surface area contributed by atoms with Gasteiger partial charge in [0.05, 0.1) is 6.61 Å². The standard InChI is InChI=1S/C16H28N2O/c1-13(2)18(10-11-19)15-9-7-6-8-14(15)12-17-16(3,4)5/h6-9,13,17,19H,10-12H2,1-5H3. The summed E-state index contributed by atoms with van der Waals surface area (Å²) in [4.78, 5) is 2.25. The van der Waals surface area contributed by atoms with E-state index in [1.54, 1.807) is 0 Å². The molecule has 0 amide bonds. The van der Waals surface area contributed by atoms with Gasteiger partial charge < -0.3 is 15.3 Å². The first kappa shape index (κ1) is 16.0. The van der Waals surface area contributed by atoms with Crippen molar-refractivity contribution in [1.82, 2.24) is 5.32 Å². The van der Waals surface area contributed by atoms with Crippen LogP contribution in [0.3, 0.4) is 0 Å². The zero-order valence-corrected chi connectivity index (χ0v) is 12.9. The number of nitrogens with zero attached hydrogens (tertiary/aromatic N) is 1. The Balaban J connectivity index is 2.93. The first-order chi connectivity index (χ1) is 8.85. The molecule has 0 spiro atoms. The molecule has 3 nitrogen and oxygen atoms in total. The topological polar surface area (TPSA) is 35.5 Å². The maximum absolute atomic E-state index is 9.24. The second-order valence-electron chi connectivity index (χ2n) is 6.24. The number of para-hydroxylation sites is 1. The van der Waals surface area contributed by atoms with Gasteiger partial charge in [0.25, 0.3) is 0 Å². The molecule has 0 heterocycles. The molecule has 2 N–H and O–H groups in total. The molecule has 0 aliphatic heterocycles. The van der Waals surface area contributed by atoms with Crippen molar-refractivity contribution < 1.29 is 5.11 Å². The first-order valence-corrected chi connectivity index (χ1v) is 7.05. The fourth-order valence-electron chi connectivity index (χ4n) is 2.07. The molecule has 0 unspecified atom stereocenters. The molecule has 0 fully saturated rings. The molecule has 108 valence electrons. The van der Waals surface area contributed by atoms with E-state index in [2.05, 4.69) is 69.1 Å². The summed E-state index contributed by atoms with van der Waals surface area (Å²) in [5.74, 6) is 0. The van der Waals surface area contributed by atoms with E-state index < -0.39 is 0 Å². The third-order valence-corrected chi connectivity index (χ3v) is 3.07. The normalized spacial score (nSPS) is 11.9. The Morgan fingerprint density at radius 1 is 1.21 bits per heavy atom. The molecule has 0 aromatic heterocycles. The molecule has 1 aromatic carbocycles. The summed E-state index contributed by atoms with van der Waals surface area (Å²) in [7, 11) is 0. The minimum absolute atomic E-state index is 0.104. The number of aliphatic hydroxyl groups is 1. The number of hydrogen-bond acceptors (Lipinski definition) is 3. The summed E-state index contributed by atoms with van der Waals surface area (Å²) in [5.41, 5.74) is 2.59. The average molecular weight is 264 g/mol. The Morgan fingerprint density at radius 2 is 1.84 bits per heavy atom. The predicted molar refractivity (Wildman–Crippen MR) is 82.6 cm³/mol. The molecule has 0 aliphatic carbocycles. The zero-order chi connectivity index (χ0) is 14.5. The van der Waals surface area contributed by atoms with E-state index in [4.69, 9.17) is 0 Å². The van der Waals surface area contributed by atoms with Gasteiger partial charge in [0, 0.05) is 30.4 Å². The Bertz CT molecular complexity index is 383. The predicted octanol–water partition coefficient (Wildman–Crippen LogP) is 2.78. The lowest BCUT2D eigenvalue weighted by Crippen LogP contribution is -2.37. The third kappa shape index (κ3) is 5.21. The summed E-state index contributed by atoms with van der Waals surface area (Å²) in [6, 6.07) is 8.79. The Hall–Kier alpha value is -1.06. The van der Waals surface area contributed by atoms with Crippen molar-refractivity contribution in [2.45, 2.75) is 52.7 Å². The van der Waals surface area contributed by atoms with E-state index in [1.165, 1.54) is 11.3 Å². The summed E-state index contributed by atoms with van der Waals surface area (Å²) in [5, 5.41) is 12.8. The largest absolute Gasteiger partial charge is 0.395 e. The number of nitrogens with one attached hydrogen (secondary N) is 1. The maximum atomic E-state index is 9.24. The van der Waals surface area contributed by atoms with Crippen molar-refractivity contribution in [2.24, 2.45) is 0 Å². The number of hydrogen-bond donors (Lipinski definition) is 2. The Labute approximate surface area is 117 Å². The second-order valence-corrected chi connectivity index (χ2v) is 6.24. The highest BCUT2D eigenvalue weighted by atomic mass is 16.3. The van der Waals surface area contributed by atoms with Crippen molar-refractivity contribution in [2.75, 3.05) is 18.1 Å². The minimum atomic E-state index is 0.104. The lowest BCUT2D eigenvalue weighted by Gasteiger charge is -2.31. The zero-order valence-electron chi connectivity index (χ0n) is 12.9. The maximum Gasteiger partial charge on any atom is 0.0606 e. The molecule has 0 radical (unpaired) electrons. The van der Waals surface area contributed by atoms with Crippen molar-refractivity contribution in [3.63, 3.8) is 0 Å². The van der Waals surface area contributed by atoms with Gasteiger partial charge >= 0.3 is 0 Å². The number of anilines is 1. The van der Waals surface area contributed by atoms with Gasteiger partial charge in [-0.2, -0.15) is 0 Å². The van der Waals surface area contributed by atoms with Crippen LogP contribution in [0.5, 0.6) is 0 Å². The van der Waals surface area contributed by atoms with Crippen LogP contribution < -0.4 is 10.2 Å². The fraction of sp³-hybridized carbons (Fsp3) is 0.625. The van der Waals surface area contributed by atoms with Crippen LogP contribution in [-0.2, 0) is 6.54 Å². The van der Waals surface area contributed by atoms with Crippen LogP contribution in [-0.4, -0.2) is 29.8 Å². The number of benzene rings is 1. The lowest BCUT2D eigenvalue weighted by molar-refractivity contribution is 0.299. The Kier molecular flexibility index (Phi) is 5.83. The van der Waals surface area contributed by atoms with Crippen molar-refractivity contribution in [3.05, 3.63) is 29.8 Å². The van der Waals surface area contributed by atoms with E-state index in [9.17, 15) is 5.11 Å². The van der Waals surface area contributed by atoms with Gasteiger partial charge in [0.1, 0.15) is 0 Å². The van der Waals surface area contributed by atoms with Crippen molar-refractivity contribution >= 4 is 5.69 Å². The van der Waals surface area contributed by atoms with E-state index >= 15 is 0 Å². The van der Waals surface area contributed by atoms with Crippen LogP contribution in [0.15, 0.2) is 24.3 Å². The molecule has 0 atom stereocenters. The fourth-order valence-corrected chi connectivity index (χ4v) is 2.07. The molecular weight excluding hydrogens is 236 g/mol. The molecule has 0 bridgehead atoms. The van der Waals surface area contributed by atoms with Crippen LogP contribution in [0.25, 0.3) is 0 Å². The van der Waals surface area contributed by atoms with E-state index in [0.29, 0.717) is 12.6 Å². The number of aliphatic hydroxyl groups excluding tert-OH is 1. The molecular formula is C16H28N2O. The summed E-state index contributed by atoms with van der Waals surface area (Å²) >= 11 is 0. The van der Waals surface area contributed by atoms with Crippen LogP contribution in [0.2, 0.25) is 0 Å². The van der Waals surface area contributed by atoms with Gasteiger partial charge in [-0.1, -0.05) is 18.2 Å². The van der Waals surface area contributed by atoms with Gasteiger partial charge in [-0.15, -0.1) is 0 Å². The van der Waals surface area contributed by atoms with Crippen molar-refractivity contribution in [3.8, 4) is 0 Å². The quantitative estimate of drug-likeness (QED) is 0.829. The van der Waals surface area contributed by atoms with E-state index in [1.807, 2.05) is 0 Å². The molecule has 1 aromatic rings. The first-order valence-electron chi connectivity index (χ1n) is 7.05. The van der Waals surface area contributed by atoms with Gasteiger partial charge in [0.2, 0.25) is 0 Å². The Morgan fingerprint density at radius 3 is 2.37 bits per heavy atom. The smallest absolute Gasteiger partial charge is 0.0606 e. The van der Waals surface area contributed by atoms with Crippen LogP contribution in [0, 0.1) is 0 Å². The summed E-state index contributed by atoms with van der Waals surface area (Å²) in [6.07, 6.45) is 0. The van der Waals surface area contributed by atoms with E-state index in [0.717, 1.165) is 6.54 Å². The van der Waals surface area contributed by atoms with Gasteiger partial charge in [0.15, 0.2) is 0 Å². The van der Waals surface area contributed by atoms with Crippen LogP contribution in [0.4, 0.5) is 5.69 Å². The highest BCUT2D eigenvalue weighted by molar-refractivity contribution is 5.54. The summed E-state index contributed by atoms with van der Waals surface area (Å²) < 4.78 is 0. The SMILES string of the molecule is CC(C)N(CCO)c1ccccc1CNC(C)(C)C. The monoisotopic (exact) mass is 264 g/mol. The highest BCUT2D eigenvalue weighted by Gasteiger charge is 2.15. The second kappa shape index (κ2) is 6.92. The molecule has 0 saturated heterocycles. The minimum Gasteiger partial charge on any atom is -0.395 e. The molecule has 1 rings (SSSR count). The highest BCUT2D eigenvalue weighted by Crippen LogP contribution is 2.22. The van der Waals surface area contributed by atoms with Gasteiger partial charge in [-0.25, -0.2) is 0 Å². The lowest BCUT2D eigenvalue weighted by atomic mass is 10.1. The van der Waals surface area contributed by atoms with Crippen LogP contribution >= 0.6 is 0 Å². The van der Waals surface area contributed by atoms with Crippen LogP contribution in [0.1, 0.15) is 40.2 Å². The molecule has 0 saturated carbocycles. The van der Waals surface area contributed by atoms with E-state index in [-0.39, 0.29) is 12.1 Å². The molecule has 3 heteroatoms. The van der Waals surface area contributed by atoms with Crippen molar-refractivity contribution in [1.29, 1.82) is 0 Å². The summed E-state index contributed by atoms with van der Waals surface area (Å²) in [6.45, 7) is 12.5. The third-order valence-electron chi connectivity index (χ3n) is 3.07. The van der Waals surface area contributed by atoms with Gasteiger partial charge in [-0.3, -0.25) is 0 Å².